The van der Waals surface area contributed by atoms with Gasteiger partial charge < -0.3 is 31.4 Å². The Labute approximate surface area is 107 Å². The highest BCUT2D eigenvalue weighted by molar-refractivity contribution is 6.50. The second-order valence-electron chi connectivity index (χ2n) is 4.67. The van der Waals surface area contributed by atoms with Gasteiger partial charge >= 0.3 is 7.25 Å². The lowest BCUT2D eigenvalue weighted by molar-refractivity contribution is -0.907. The van der Waals surface area contributed by atoms with Crippen molar-refractivity contribution >= 4 is 7.25 Å². The molecule has 3 nitrogen and oxygen atoms in total. The first-order valence-electron chi connectivity index (χ1n) is 5.88. The summed E-state index contributed by atoms with van der Waals surface area (Å²) < 4.78 is 45.2. The van der Waals surface area contributed by atoms with E-state index < -0.39 is 7.25 Å². The van der Waals surface area contributed by atoms with Gasteiger partial charge in [-0.3, -0.25) is 0 Å². The number of rotatable bonds is 7. The van der Waals surface area contributed by atoms with E-state index in [-0.39, 0.29) is 0 Å². The van der Waals surface area contributed by atoms with E-state index in [1.807, 2.05) is 0 Å². The second kappa shape index (κ2) is 9.58. The van der Waals surface area contributed by atoms with Gasteiger partial charge in [0.15, 0.2) is 0 Å². The Morgan fingerprint density at radius 3 is 1.83 bits per heavy atom. The van der Waals surface area contributed by atoms with Crippen molar-refractivity contribution in [1.82, 2.24) is 4.90 Å². The van der Waals surface area contributed by atoms with Crippen molar-refractivity contribution in [2.45, 2.75) is 6.92 Å². The third kappa shape index (κ3) is 18.0. The number of methoxy groups -OCH3 is 1. The van der Waals surface area contributed by atoms with Crippen LogP contribution in [0.5, 0.6) is 0 Å². The van der Waals surface area contributed by atoms with Gasteiger partial charge in [0.1, 0.15) is 6.54 Å². The zero-order valence-corrected chi connectivity index (χ0v) is 11.9. The van der Waals surface area contributed by atoms with E-state index in [4.69, 9.17) is 4.74 Å². The molecule has 0 rings (SSSR count). The van der Waals surface area contributed by atoms with Crippen molar-refractivity contribution < 1.29 is 26.5 Å². The van der Waals surface area contributed by atoms with Crippen LogP contribution in [0, 0.1) is 0 Å². The molecule has 1 unspecified atom stereocenters. The lowest BCUT2D eigenvalue weighted by Gasteiger charge is -2.34. The average molecular weight is 276 g/mol. The van der Waals surface area contributed by atoms with E-state index in [0.717, 1.165) is 24.2 Å². The SMILES string of the molecule is CC[N+](C)(CCOC)CCN(C)C.F[B-](F)(F)F. The molecular weight excluding hydrogens is 251 g/mol. The van der Waals surface area contributed by atoms with Crippen LogP contribution in [0.4, 0.5) is 17.3 Å². The molecule has 0 aromatic carbocycles. The van der Waals surface area contributed by atoms with Crippen LogP contribution < -0.4 is 0 Å². The maximum Gasteiger partial charge on any atom is 0.673 e. The summed E-state index contributed by atoms with van der Waals surface area (Å²) in [6.07, 6.45) is 0. The molecular formula is C10H25BF4N2O. The minimum Gasteiger partial charge on any atom is -0.418 e. The van der Waals surface area contributed by atoms with Crippen LogP contribution >= 0.6 is 0 Å². The summed E-state index contributed by atoms with van der Waals surface area (Å²) in [5, 5.41) is 0. The molecule has 0 aliphatic heterocycles. The maximum absolute atomic E-state index is 9.75. The first kappa shape index (κ1) is 20.0. The number of hydrogen-bond acceptors (Lipinski definition) is 2. The van der Waals surface area contributed by atoms with E-state index in [0.29, 0.717) is 0 Å². The van der Waals surface area contributed by atoms with E-state index in [1.165, 1.54) is 13.1 Å². The number of halogens is 4. The Balaban J connectivity index is 0. The second-order valence-corrected chi connectivity index (χ2v) is 4.67. The fraction of sp³-hybridized carbons (Fsp3) is 1.00. The molecule has 0 N–H and O–H groups in total. The molecule has 0 fully saturated rings. The lowest BCUT2D eigenvalue weighted by Crippen LogP contribution is -2.49. The van der Waals surface area contributed by atoms with Crippen molar-refractivity contribution in [2.75, 3.05) is 61.0 Å². The van der Waals surface area contributed by atoms with Gasteiger partial charge in [-0.25, -0.2) is 0 Å². The maximum atomic E-state index is 9.75. The number of quaternary nitrogens is 1. The van der Waals surface area contributed by atoms with Crippen LogP contribution in [0.1, 0.15) is 6.92 Å². The zero-order valence-electron chi connectivity index (χ0n) is 11.9. The van der Waals surface area contributed by atoms with Crippen molar-refractivity contribution in [2.24, 2.45) is 0 Å². The normalized spacial score (nSPS) is 15.0. The Morgan fingerprint density at radius 1 is 1.11 bits per heavy atom. The monoisotopic (exact) mass is 276 g/mol. The van der Waals surface area contributed by atoms with Gasteiger partial charge in [0.05, 0.1) is 26.7 Å². The first-order chi connectivity index (χ1) is 8.04. The highest BCUT2D eigenvalue weighted by Gasteiger charge is 2.20. The molecule has 0 aliphatic rings. The number of hydrogen-bond donors (Lipinski definition) is 0. The summed E-state index contributed by atoms with van der Waals surface area (Å²) in [5.74, 6) is 0. The van der Waals surface area contributed by atoms with E-state index in [1.54, 1.807) is 7.11 Å². The average Bonchev–Trinajstić information content (AvgIpc) is 2.21. The molecule has 0 aliphatic carbocycles. The fourth-order valence-electron chi connectivity index (χ4n) is 1.18. The summed E-state index contributed by atoms with van der Waals surface area (Å²) in [7, 11) is 2.31. The standard InChI is InChI=1S/C10H25N2O.BF4/c1-6-12(4,9-10-13-5)8-7-11(2)3;2-1(3,4)5/h6-10H2,1-5H3;/q+1;-1. The highest BCUT2D eigenvalue weighted by Crippen LogP contribution is 2.06. The van der Waals surface area contributed by atoms with Crippen molar-refractivity contribution in [3.8, 4) is 0 Å². The Bertz CT molecular complexity index is 199. The molecule has 8 heteroatoms. The first-order valence-corrected chi connectivity index (χ1v) is 5.88. The summed E-state index contributed by atoms with van der Waals surface area (Å²) in [6.45, 7) is 7.74. The molecule has 0 spiro atoms. The minimum atomic E-state index is -6.00. The minimum absolute atomic E-state index is 0.859. The molecule has 0 saturated heterocycles. The predicted octanol–water partition coefficient (Wildman–Crippen LogP) is 1.96. The van der Waals surface area contributed by atoms with E-state index in [2.05, 4.69) is 33.0 Å². The quantitative estimate of drug-likeness (QED) is 0.400. The van der Waals surface area contributed by atoms with E-state index >= 15 is 0 Å². The molecule has 0 heterocycles. The highest BCUT2D eigenvalue weighted by atomic mass is 19.5. The molecule has 0 bridgehead atoms. The number of ether oxygens (including phenoxy) is 1. The Hall–Kier alpha value is -0.335. The van der Waals surface area contributed by atoms with Crippen LogP contribution in [-0.2, 0) is 4.74 Å². The van der Waals surface area contributed by atoms with Gasteiger partial charge in [0.25, 0.3) is 0 Å². The number of likely N-dealkylation sites (N-methyl/N-ethyl adjacent to an activating group) is 2. The molecule has 0 amide bonds. The molecule has 1 atom stereocenters. The summed E-state index contributed by atoms with van der Waals surface area (Å²) in [6, 6.07) is 0. The predicted molar refractivity (Wildman–Crippen MR) is 67.1 cm³/mol. The topological polar surface area (TPSA) is 12.5 Å². The molecule has 18 heavy (non-hydrogen) atoms. The van der Waals surface area contributed by atoms with Gasteiger partial charge in [0, 0.05) is 13.7 Å². The Morgan fingerprint density at radius 2 is 1.56 bits per heavy atom. The Kier molecular flexibility index (Phi) is 10.6. The summed E-state index contributed by atoms with van der Waals surface area (Å²) in [5.41, 5.74) is 0. The van der Waals surface area contributed by atoms with Gasteiger partial charge in [-0.2, -0.15) is 0 Å². The summed E-state index contributed by atoms with van der Waals surface area (Å²) in [4.78, 5) is 2.24. The van der Waals surface area contributed by atoms with Gasteiger partial charge in [-0.05, 0) is 21.0 Å². The van der Waals surface area contributed by atoms with Gasteiger partial charge in [-0.15, -0.1) is 0 Å². The van der Waals surface area contributed by atoms with Gasteiger partial charge in [-0.1, -0.05) is 0 Å². The fourth-order valence-corrected chi connectivity index (χ4v) is 1.18. The zero-order chi connectivity index (χ0) is 14.8. The van der Waals surface area contributed by atoms with Crippen molar-refractivity contribution in [3.05, 3.63) is 0 Å². The number of nitrogens with zero attached hydrogens (tertiary/aromatic N) is 2. The van der Waals surface area contributed by atoms with Crippen LogP contribution in [0.15, 0.2) is 0 Å². The van der Waals surface area contributed by atoms with Crippen molar-refractivity contribution in [1.29, 1.82) is 0 Å². The largest absolute Gasteiger partial charge is 0.673 e. The third-order valence-corrected chi connectivity index (χ3v) is 2.69. The molecule has 0 radical (unpaired) electrons. The summed E-state index contributed by atoms with van der Waals surface area (Å²) >= 11 is 0. The van der Waals surface area contributed by atoms with Crippen LogP contribution in [-0.4, -0.2) is 77.7 Å². The van der Waals surface area contributed by atoms with Gasteiger partial charge in [0.2, 0.25) is 0 Å². The van der Waals surface area contributed by atoms with Crippen molar-refractivity contribution in [3.63, 3.8) is 0 Å². The van der Waals surface area contributed by atoms with Crippen LogP contribution in [0.25, 0.3) is 0 Å². The van der Waals surface area contributed by atoms with Crippen LogP contribution in [0.2, 0.25) is 0 Å². The molecule has 0 aromatic heterocycles. The lowest BCUT2D eigenvalue weighted by atomic mass is 10.3. The van der Waals surface area contributed by atoms with E-state index in [9.17, 15) is 17.3 Å². The molecule has 112 valence electrons. The van der Waals surface area contributed by atoms with Crippen LogP contribution in [0.3, 0.4) is 0 Å². The molecule has 0 aromatic rings. The third-order valence-electron chi connectivity index (χ3n) is 2.69. The molecule has 0 saturated carbocycles. The smallest absolute Gasteiger partial charge is 0.418 e.